The van der Waals surface area contributed by atoms with Crippen LogP contribution in [0.15, 0.2) is 0 Å². The molecule has 0 aromatic carbocycles. The number of likely N-dealkylation sites (N-methyl/N-ethyl adjacent to an activating group) is 1. The molecule has 2 rings (SSSR count). The van der Waals surface area contributed by atoms with Crippen LogP contribution < -0.4 is 5.73 Å². The van der Waals surface area contributed by atoms with Crippen molar-refractivity contribution in [3.05, 3.63) is 0 Å². The van der Waals surface area contributed by atoms with Crippen LogP contribution in [-0.2, 0) is 0 Å². The predicted octanol–water partition coefficient (Wildman–Crippen LogP) is 1.92. The van der Waals surface area contributed by atoms with E-state index >= 15 is 0 Å². The van der Waals surface area contributed by atoms with Gasteiger partial charge in [-0.2, -0.15) is 0 Å². The van der Waals surface area contributed by atoms with E-state index in [9.17, 15) is 0 Å². The molecule has 0 radical (unpaired) electrons. The highest BCUT2D eigenvalue weighted by Crippen LogP contribution is 2.38. The van der Waals surface area contributed by atoms with Crippen molar-refractivity contribution in [2.24, 2.45) is 11.1 Å². The van der Waals surface area contributed by atoms with Crippen molar-refractivity contribution in [3.8, 4) is 0 Å². The van der Waals surface area contributed by atoms with Crippen LogP contribution in [0.1, 0.15) is 44.9 Å². The minimum Gasteiger partial charge on any atom is -0.330 e. The van der Waals surface area contributed by atoms with Gasteiger partial charge in [-0.3, -0.25) is 0 Å². The molecule has 0 bridgehead atoms. The lowest BCUT2D eigenvalue weighted by atomic mass is 9.72. The summed E-state index contributed by atoms with van der Waals surface area (Å²) in [4.78, 5) is 5.02. The van der Waals surface area contributed by atoms with Gasteiger partial charge in [0, 0.05) is 12.6 Å². The summed E-state index contributed by atoms with van der Waals surface area (Å²) >= 11 is 0. The van der Waals surface area contributed by atoms with E-state index in [1.165, 1.54) is 64.6 Å². The summed E-state index contributed by atoms with van der Waals surface area (Å²) in [6.07, 6.45) is 9.62. The Labute approximate surface area is 113 Å². The van der Waals surface area contributed by atoms with Crippen LogP contribution in [0.25, 0.3) is 0 Å². The second kappa shape index (κ2) is 6.36. The molecular weight excluding hydrogens is 222 g/mol. The van der Waals surface area contributed by atoms with Gasteiger partial charge in [0.25, 0.3) is 0 Å². The zero-order valence-corrected chi connectivity index (χ0v) is 12.3. The van der Waals surface area contributed by atoms with Crippen molar-refractivity contribution >= 4 is 0 Å². The molecule has 106 valence electrons. The van der Waals surface area contributed by atoms with Crippen LogP contribution in [0.4, 0.5) is 0 Å². The lowest BCUT2D eigenvalue weighted by molar-refractivity contribution is 0.152. The molecule has 1 saturated heterocycles. The number of nitrogens with zero attached hydrogens (tertiary/aromatic N) is 2. The molecule has 3 heteroatoms. The first-order chi connectivity index (χ1) is 8.65. The molecule has 1 saturated carbocycles. The van der Waals surface area contributed by atoms with Gasteiger partial charge in [-0.1, -0.05) is 19.3 Å². The van der Waals surface area contributed by atoms with Crippen molar-refractivity contribution in [1.29, 1.82) is 0 Å². The van der Waals surface area contributed by atoms with Gasteiger partial charge in [0.05, 0.1) is 0 Å². The van der Waals surface area contributed by atoms with E-state index in [1.54, 1.807) is 0 Å². The Morgan fingerprint density at radius 3 is 2.50 bits per heavy atom. The molecule has 0 aromatic heterocycles. The maximum absolute atomic E-state index is 6.07. The normalized spacial score (nSPS) is 29.0. The first-order valence-electron chi connectivity index (χ1n) is 7.74. The molecule has 2 fully saturated rings. The van der Waals surface area contributed by atoms with Gasteiger partial charge in [-0.15, -0.1) is 0 Å². The predicted molar refractivity (Wildman–Crippen MR) is 77.7 cm³/mol. The van der Waals surface area contributed by atoms with E-state index in [4.69, 9.17) is 5.73 Å². The van der Waals surface area contributed by atoms with Crippen molar-refractivity contribution in [3.63, 3.8) is 0 Å². The minimum absolute atomic E-state index is 0.481. The van der Waals surface area contributed by atoms with Gasteiger partial charge in [0.2, 0.25) is 0 Å². The van der Waals surface area contributed by atoms with Crippen LogP contribution in [0, 0.1) is 5.41 Å². The quantitative estimate of drug-likeness (QED) is 0.812. The molecule has 0 spiro atoms. The van der Waals surface area contributed by atoms with E-state index in [0.717, 1.165) is 12.6 Å². The van der Waals surface area contributed by atoms with Crippen LogP contribution in [0.5, 0.6) is 0 Å². The highest BCUT2D eigenvalue weighted by molar-refractivity contribution is 4.87. The van der Waals surface area contributed by atoms with E-state index in [2.05, 4.69) is 23.9 Å². The third kappa shape index (κ3) is 3.46. The van der Waals surface area contributed by atoms with Crippen LogP contribution in [0.3, 0.4) is 0 Å². The monoisotopic (exact) mass is 253 g/mol. The summed E-state index contributed by atoms with van der Waals surface area (Å²) in [5.41, 5.74) is 6.55. The first kappa shape index (κ1) is 14.3. The highest BCUT2D eigenvalue weighted by Gasteiger charge is 2.32. The van der Waals surface area contributed by atoms with E-state index in [-0.39, 0.29) is 0 Å². The molecule has 1 heterocycles. The fourth-order valence-corrected chi connectivity index (χ4v) is 3.69. The number of hydrogen-bond donors (Lipinski definition) is 1. The number of hydrogen-bond acceptors (Lipinski definition) is 3. The minimum atomic E-state index is 0.481. The van der Waals surface area contributed by atoms with Gasteiger partial charge < -0.3 is 15.5 Å². The Morgan fingerprint density at radius 1 is 1.22 bits per heavy atom. The van der Waals surface area contributed by atoms with Crippen molar-refractivity contribution < 1.29 is 0 Å². The third-order valence-corrected chi connectivity index (χ3v) is 5.28. The van der Waals surface area contributed by atoms with Crippen molar-refractivity contribution in [2.45, 2.75) is 51.0 Å². The lowest BCUT2D eigenvalue weighted by Crippen LogP contribution is -2.37. The van der Waals surface area contributed by atoms with Gasteiger partial charge >= 0.3 is 0 Å². The number of likely N-dealkylation sites (tertiary alicyclic amines) is 1. The van der Waals surface area contributed by atoms with Gasteiger partial charge in [-0.25, -0.2) is 0 Å². The molecule has 0 amide bonds. The smallest absolute Gasteiger partial charge is 0.0229 e. The Balaban J connectivity index is 1.77. The van der Waals surface area contributed by atoms with Crippen LogP contribution in [0.2, 0.25) is 0 Å². The van der Waals surface area contributed by atoms with Gasteiger partial charge in [0.15, 0.2) is 0 Å². The van der Waals surface area contributed by atoms with Crippen molar-refractivity contribution in [2.75, 3.05) is 40.3 Å². The maximum atomic E-state index is 6.07. The summed E-state index contributed by atoms with van der Waals surface area (Å²) in [7, 11) is 4.41. The zero-order valence-electron chi connectivity index (χ0n) is 12.3. The third-order valence-electron chi connectivity index (χ3n) is 5.28. The average molecular weight is 253 g/mol. The topological polar surface area (TPSA) is 32.5 Å². The van der Waals surface area contributed by atoms with Gasteiger partial charge in [-0.05, 0) is 64.8 Å². The van der Waals surface area contributed by atoms with Crippen LogP contribution >= 0.6 is 0 Å². The van der Waals surface area contributed by atoms with Crippen LogP contribution in [-0.4, -0.2) is 56.1 Å². The highest BCUT2D eigenvalue weighted by atomic mass is 15.2. The van der Waals surface area contributed by atoms with Crippen molar-refractivity contribution in [1.82, 2.24) is 9.80 Å². The SMILES string of the molecule is CN(C)C1CCN(CCC2(CN)CCCCC2)C1. The maximum Gasteiger partial charge on any atom is 0.0229 e. The Morgan fingerprint density at radius 2 is 1.94 bits per heavy atom. The second-order valence-electron chi connectivity index (χ2n) is 6.72. The van der Waals surface area contributed by atoms with E-state index < -0.39 is 0 Å². The standard InChI is InChI=1S/C15H31N3/c1-17(2)14-6-10-18(12-14)11-9-15(13-16)7-4-3-5-8-15/h14H,3-13,16H2,1-2H3. The molecule has 0 aromatic rings. The summed E-state index contributed by atoms with van der Waals surface area (Å²) in [5.74, 6) is 0. The molecule has 2 N–H and O–H groups in total. The fourth-order valence-electron chi connectivity index (χ4n) is 3.69. The summed E-state index contributed by atoms with van der Waals surface area (Å²) in [6.45, 7) is 4.70. The zero-order chi connectivity index (χ0) is 13.0. The Hall–Kier alpha value is -0.120. The largest absolute Gasteiger partial charge is 0.330 e. The number of rotatable bonds is 5. The second-order valence-corrected chi connectivity index (χ2v) is 6.72. The summed E-state index contributed by atoms with van der Waals surface area (Å²) in [5, 5.41) is 0. The molecule has 1 atom stereocenters. The Kier molecular flexibility index (Phi) is 5.05. The van der Waals surface area contributed by atoms with E-state index in [1.807, 2.05) is 0 Å². The summed E-state index contributed by atoms with van der Waals surface area (Å²) < 4.78 is 0. The molecular formula is C15H31N3. The molecule has 1 aliphatic carbocycles. The molecule has 3 nitrogen and oxygen atoms in total. The first-order valence-corrected chi connectivity index (χ1v) is 7.74. The molecule has 18 heavy (non-hydrogen) atoms. The Bertz CT molecular complexity index is 246. The lowest BCUT2D eigenvalue weighted by Gasteiger charge is -2.37. The van der Waals surface area contributed by atoms with E-state index in [0.29, 0.717) is 5.41 Å². The summed E-state index contributed by atoms with van der Waals surface area (Å²) in [6, 6.07) is 0.769. The molecule has 1 aliphatic heterocycles. The van der Waals surface area contributed by atoms with Gasteiger partial charge in [0.1, 0.15) is 0 Å². The fraction of sp³-hybridized carbons (Fsp3) is 1.00. The number of nitrogens with two attached hydrogens (primary N) is 1. The average Bonchev–Trinajstić information content (AvgIpc) is 2.87. The molecule has 2 aliphatic rings. The molecule has 1 unspecified atom stereocenters.